The van der Waals surface area contributed by atoms with Crippen molar-refractivity contribution in [3.8, 4) is 5.75 Å². The van der Waals surface area contributed by atoms with Gasteiger partial charge in [-0.3, -0.25) is 14.6 Å². The Kier molecular flexibility index (Phi) is 5.78. The summed E-state index contributed by atoms with van der Waals surface area (Å²) in [5, 5.41) is 11.3. The quantitative estimate of drug-likeness (QED) is 0.452. The van der Waals surface area contributed by atoms with Crippen molar-refractivity contribution in [1.82, 2.24) is 9.88 Å². The second-order valence-corrected chi connectivity index (χ2v) is 8.04. The molecule has 2 unspecified atom stereocenters. The molecule has 4 rings (SSSR count). The van der Waals surface area contributed by atoms with E-state index in [1.807, 2.05) is 19.9 Å². The van der Waals surface area contributed by atoms with Gasteiger partial charge in [-0.15, -0.1) is 0 Å². The Morgan fingerprint density at radius 2 is 2.13 bits per heavy atom. The van der Waals surface area contributed by atoms with Crippen LogP contribution in [-0.2, 0) is 14.3 Å². The van der Waals surface area contributed by atoms with Gasteiger partial charge in [0, 0.05) is 25.5 Å². The maximum atomic E-state index is 13.1. The van der Waals surface area contributed by atoms with E-state index in [1.54, 1.807) is 30.6 Å². The standard InChI is InChI=1S/C24H26N2O5/c1-14-10-15(2)23(30-3)18(11-14)21(27)19-20(16-6-4-8-25-12-16)26(24(29)22(19)28)13-17-7-5-9-31-17/h4,6,8,10-12,17,20,27H,5,7,9,13H2,1-3H3/b21-19+. The van der Waals surface area contributed by atoms with Crippen LogP contribution in [0.4, 0.5) is 0 Å². The van der Waals surface area contributed by atoms with Gasteiger partial charge in [0.25, 0.3) is 11.7 Å². The van der Waals surface area contributed by atoms with E-state index >= 15 is 0 Å². The van der Waals surface area contributed by atoms with Gasteiger partial charge in [-0.25, -0.2) is 0 Å². The minimum atomic E-state index is -0.747. The van der Waals surface area contributed by atoms with Gasteiger partial charge >= 0.3 is 0 Å². The summed E-state index contributed by atoms with van der Waals surface area (Å²) >= 11 is 0. The van der Waals surface area contributed by atoms with Crippen LogP contribution in [-0.4, -0.2) is 53.0 Å². The van der Waals surface area contributed by atoms with E-state index in [4.69, 9.17) is 9.47 Å². The number of hydrogen-bond acceptors (Lipinski definition) is 6. The average molecular weight is 422 g/mol. The maximum Gasteiger partial charge on any atom is 0.295 e. The van der Waals surface area contributed by atoms with Crippen LogP contribution in [0.5, 0.6) is 5.75 Å². The number of carbonyl (C=O) groups excluding carboxylic acids is 2. The number of amides is 1. The van der Waals surface area contributed by atoms with Crippen LogP contribution in [0.2, 0.25) is 0 Å². The number of Topliss-reactive ketones (excluding diaryl/α,β-unsaturated/α-hetero) is 1. The first-order valence-electron chi connectivity index (χ1n) is 10.4. The molecular weight excluding hydrogens is 396 g/mol. The first-order valence-corrected chi connectivity index (χ1v) is 10.4. The fourth-order valence-electron chi connectivity index (χ4n) is 4.51. The Bertz CT molecular complexity index is 1040. The highest BCUT2D eigenvalue weighted by atomic mass is 16.5. The van der Waals surface area contributed by atoms with Gasteiger partial charge in [0.15, 0.2) is 0 Å². The number of aromatic nitrogens is 1. The third-order valence-corrected chi connectivity index (χ3v) is 5.84. The molecule has 1 aromatic carbocycles. The van der Waals surface area contributed by atoms with Gasteiger partial charge in [0.05, 0.1) is 30.4 Å². The number of nitrogens with zero attached hydrogens (tertiary/aromatic N) is 2. The minimum absolute atomic E-state index is 0.0410. The zero-order chi connectivity index (χ0) is 22.1. The number of benzene rings is 1. The number of methoxy groups -OCH3 is 1. The molecule has 0 saturated carbocycles. The topological polar surface area (TPSA) is 89.0 Å². The molecule has 3 heterocycles. The van der Waals surface area contributed by atoms with Crippen LogP contribution < -0.4 is 4.74 Å². The number of ketones is 1. The van der Waals surface area contributed by atoms with E-state index in [2.05, 4.69) is 4.98 Å². The monoisotopic (exact) mass is 422 g/mol. The van der Waals surface area contributed by atoms with Gasteiger partial charge in [-0.2, -0.15) is 0 Å². The number of likely N-dealkylation sites (tertiary alicyclic amines) is 1. The predicted octanol–water partition coefficient (Wildman–Crippen LogP) is 3.31. The minimum Gasteiger partial charge on any atom is -0.507 e. The van der Waals surface area contributed by atoms with Crippen LogP contribution in [0.3, 0.4) is 0 Å². The van der Waals surface area contributed by atoms with Crippen molar-refractivity contribution in [2.75, 3.05) is 20.3 Å². The Morgan fingerprint density at radius 3 is 2.77 bits per heavy atom. The number of hydrogen-bond donors (Lipinski definition) is 1. The molecule has 2 atom stereocenters. The fourth-order valence-corrected chi connectivity index (χ4v) is 4.51. The molecule has 0 spiro atoms. The second kappa shape index (κ2) is 8.51. The molecule has 31 heavy (non-hydrogen) atoms. The lowest BCUT2D eigenvalue weighted by Gasteiger charge is -2.27. The van der Waals surface area contributed by atoms with Crippen LogP contribution in [0, 0.1) is 13.8 Å². The van der Waals surface area contributed by atoms with Crippen molar-refractivity contribution in [3.63, 3.8) is 0 Å². The Balaban J connectivity index is 1.88. The molecular formula is C24H26N2O5. The van der Waals surface area contributed by atoms with E-state index in [0.29, 0.717) is 23.5 Å². The van der Waals surface area contributed by atoms with Crippen LogP contribution in [0.1, 0.15) is 41.1 Å². The van der Waals surface area contributed by atoms with Crippen molar-refractivity contribution >= 4 is 17.4 Å². The summed E-state index contributed by atoms with van der Waals surface area (Å²) < 4.78 is 11.2. The first-order chi connectivity index (χ1) is 14.9. The van der Waals surface area contributed by atoms with Crippen LogP contribution >= 0.6 is 0 Å². The number of rotatable bonds is 5. The third-order valence-electron chi connectivity index (χ3n) is 5.84. The Morgan fingerprint density at radius 1 is 1.32 bits per heavy atom. The lowest BCUT2D eigenvalue weighted by Crippen LogP contribution is -2.36. The van der Waals surface area contributed by atoms with E-state index in [-0.39, 0.29) is 24.0 Å². The molecule has 162 valence electrons. The molecule has 0 bridgehead atoms. The van der Waals surface area contributed by atoms with Gasteiger partial charge < -0.3 is 19.5 Å². The number of aryl methyl sites for hydroxylation is 2. The summed E-state index contributed by atoms with van der Waals surface area (Å²) in [6.45, 7) is 4.70. The fraction of sp³-hybridized carbons (Fsp3) is 0.375. The zero-order valence-corrected chi connectivity index (χ0v) is 17.9. The van der Waals surface area contributed by atoms with Crippen LogP contribution in [0.25, 0.3) is 5.76 Å². The first kappa shape index (κ1) is 21.1. The maximum absolute atomic E-state index is 13.1. The molecule has 1 amide bonds. The van der Waals surface area contributed by atoms with Gasteiger partial charge in [-0.1, -0.05) is 12.1 Å². The summed E-state index contributed by atoms with van der Waals surface area (Å²) in [7, 11) is 1.52. The largest absolute Gasteiger partial charge is 0.507 e. The molecule has 1 N–H and O–H groups in total. The van der Waals surface area contributed by atoms with E-state index in [0.717, 1.165) is 24.0 Å². The van der Waals surface area contributed by atoms with E-state index in [1.165, 1.54) is 12.0 Å². The number of pyridine rings is 1. The highest BCUT2D eigenvalue weighted by molar-refractivity contribution is 6.46. The summed E-state index contributed by atoms with van der Waals surface area (Å²) in [5.41, 5.74) is 2.83. The van der Waals surface area contributed by atoms with Gasteiger partial charge in [0.2, 0.25) is 0 Å². The lowest BCUT2D eigenvalue weighted by molar-refractivity contribution is -0.140. The van der Waals surface area contributed by atoms with Crippen molar-refractivity contribution in [3.05, 3.63) is 64.5 Å². The predicted molar refractivity (Wildman–Crippen MR) is 115 cm³/mol. The molecule has 7 heteroatoms. The van der Waals surface area contributed by atoms with Crippen molar-refractivity contribution in [2.24, 2.45) is 0 Å². The van der Waals surface area contributed by atoms with Crippen molar-refractivity contribution in [2.45, 2.75) is 38.8 Å². The summed E-state index contributed by atoms with van der Waals surface area (Å²) in [4.78, 5) is 31.8. The molecule has 2 aromatic rings. The van der Waals surface area contributed by atoms with Gasteiger partial charge in [0.1, 0.15) is 11.5 Å². The smallest absolute Gasteiger partial charge is 0.295 e. The molecule has 2 aliphatic heterocycles. The van der Waals surface area contributed by atoms with E-state index < -0.39 is 17.7 Å². The molecule has 0 radical (unpaired) electrons. The Hall–Kier alpha value is -3.19. The average Bonchev–Trinajstić information content (AvgIpc) is 3.36. The molecule has 2 saturated heterocycles. The third kappa shape index (κ3) is 3.81. The second-order valence-electron chi connectivity index (χ2n) is 8.04. The molecule has 1 aromatic heterocycles. The normalized spacial score (nSPS) is 22.9. The number of carbonyl (C=O) groups is 2. The molecule has 2 aliphatic rings. The molecule has 2 fully saturated rings. The zero-order valence-electron chi connectivity index (χ0n) is 17.9. The Labute approximate surface area is 181 Å². The molecule has 0 aliphatic carbocycles. The summed E-state index contributed by atoms with van der Waals surface area (Å²) in [5.74, 6) is -1.14. The highest BCUT2D eigenvalue weighted by Gasteiger charge is 2.47. The molecule has 7 nitrogen and oxygen atoms in total. The number of ether oxygens (including phenoxy) is 2. The summed E-state index contributed by atoms with van der Waals surface area (Å²) in [6, 6.07) is 6.50. The van der Waals surface area contributed by atoms with Crippen LogP contribution in [0.15, 0.2) is 42.2 Å². The lowest BCUT2D eigenvalue weighted by atomic mass is 9.94. The number of aliphatic hydroxyl groups is 1. The van der Waals surface area contributed by atoms with E-state index in [9.17, 15) is 14.7 Å². The van der Waals surface area contributed by atoms with Crippen molar-refractivity contribution < 1.29 is 24.2 Å². The van der Waals surface area contributed by atoms with Crippen molar-refractivity contribution in [1.29, 1.82) is 0 Å². The SMILES string of the molecule is COc1c(C)cc(C)cc1/C(O)=C1\C(=O)C(=O)N(CC2CCCO2)C1c1cccnc1. The number of aliphatic hydroxyl groups excluding tert-OH is 1. The highest BCUT2D eigenvalue weighted by Crippen LogP contribution is 2.42. The van der Waals surface area contributed by atoms with Gasteiger partial charge in [-0.05, 0) is 55.5 Å². The summed E-state index contributed by atoms with van der Waals surface area (Å²) in [6.07, 6.45) is 4.86.